The van der Waals surface area contributed by atoms with E-state index in [1.54, 1.807) is 0 Å². The Balaban J connectivity index is 1.62. The molecule has 3 N–H and O–H groups in total. The summed E-state index contributed by atoms with van der Waals surface area (Å²) in [5.74, 6) is 0.980. The van der Waals surface area contributed by atoms with E-state index in [0.717, 1.165) is 38.5 Å². The van der Waals surface area contributed by atoms with Crippen LogP contribution in [0.1, 0.15) is 38.5 Å². The lowest BCUT2D eigenvalue weighted by Gasteiger charge is -2.32. The Morgan fingerprint density at radius 3 is 2.88 bits per heavy atom. The molecule has 0 aromatic rings. The zero-order valence-corrected chi connectivity index (χ0v) is 10.7. The van der Waals surface area contributed by atoms with Crippen LogP contribution in [0.2, 0.25) is 0 Å². The Kier molecular flexibility index (Phi) is 4.80. The Morgan fingerprint density at radius 2 is 2.18 bits per heavy atom. The van der Waals surface area contributed by atoms with Gasteiger partial charge in [-0.25, -0.2) is 0 Å². The van der Waals surface area contributed by atoms with Gasteiger partial charge in [0, 0.05) is 25.6 Å². The molecule has 0 aromatic heterocycles. The maximum Gasteiger partial charge on any atom is 0.221 e. The molecule has 0 radical (unpaired) electrons. The molecule has 4 heteroatoms. The Labute approximate surface area is 104 Å². The largest absolute Gasteiger partial charge is 0.353 e. The van der Waals surface area contributed by atoms with Crippen LogP contribution >= 0.6 is 0 Å². The molecule has 1 saturated heterocycles. The van der Waals surface area contributed by atoms with Crippen LogP contribution in [-0.2, 0) is 4.79 Å². The van der Waals surface area contributed by atoms with Crippen molar-refractivity contribution >= 4 is 5.91 Å². The first-order valence-corrected chi connectivity index (χ1v) is 6.99. The van der Waals surface area contributed by atoms with Gasteiger partial charge in [0.05, 0.1) is 0 Å². The van der Waals surface area contributed by atoms with Gasteiger partial charge in [-0.2, -0.15) is 0 Å². The third-order valence-corrected chi connectivity index (χ3v) is 3.78. The van der Waals surface area contributed by atoms with Crippen molar-refractivity contribution in [1.82, 2.24) is 10.2 Å². The fraction of sp³-hybridized carbons (Fsp3) is 0.923. The van der Waals surface area contributed by atoms with Crippen molar-refractivity contribution < 1.29 is 4.79 Å². The first-order valence-electron chi connectivity index (χ1n) is 6.99. The minimum Gasteiger partial charge on any atom is -0.353 e. The highest BCUT2D eigenvalue weighted by atomic mass is 16.1. The number of piperidine rings is 1. The highest BCUT2D eigenvalue weighted by Gasteiger charge is 2.24. The Hall–Kier alpha value is -0.610. The number of likely N-dealkylation sites (tertiary alicyclic amines) is 1. The number of nitrogens with one attached hydrogen (secondary N) is 1. The highest BCUT2D eigenvalue weighted by molar-refractivity contribution is 5.76. The van der Waals surface area contributed by atoms with Gasteiger partial charge in [-0.05, 0) is 51.1 Å². The second kappa shape index (κ2) is 6.36. The Morgan fingerprint density at radius 1 is 1.35 bits per heavy atom. The van der Waals surface area contributed by atoms with E-state index < -0.39 is 0 Å². The molecule has 0 aromatic carbocycles. The predicted octanol–water partition coefficient (Wildman–Crippen LogP) is 0.716. The van der Waals surface area contributed by atoms with Gasteiger partial charge in [-0.1, -0.05) is 0 Å². The van der Waals surface area contributed by atoms with Crippen molar-refractivity contribution in [3.63, 3.8) is 0 Å². The molecule has 2 aliphatic rings. The van der Waals surface area contributed by atoms with E-state index in [9.17, 15) is 4.79 Å². The molecule has 1 atom stereocenters. The lowest BCUT2D eigenvalue weighted by atomic mass is 9.95. The van der Waals surface area contributed by atoms with Gasteiger partial charge < -0.3 is 16.0 Å². The van der Waals surface area contributed by atoms with Crippen LogP contribution in [0.4, 0.5) is 0 Å². The van der Waals surface area contributed by atoms with Gasteiger partial charge in [-0.15, -0.1) is 0 Å². The summed E-state index contributed by atoms with van der Waals surface area (Å²) in [4.78, 5) is 14.0. The molecule has 0 bridgehead atoms. The van der Waals surface area contributed by atoms with Crippen LogP contribution in [0.5, 0.6) is 0 Å². The van der Waals surface area contributed by atoms with Gasteiger partial charge in [0.15, 0.2) is 0 Å². The molecule has 4 nitrogen and oxygen atoms in total. The molecule has 1 heterocycles. The van der Waals surface area contributed by atoms with E-state index in [-0.39, 0.29) is 5.91 Å². The minimum atomic E-state index is 0.230. The summed E-state index contributed by atoms with van der Waals surface area (Å²) in [6, 6.07) is 0.494. The summed E-state index contributed by atoms with van der Waals surface area (Å²) < 4.78 is 0. The SMILES string of the molecule is NCCC1CCCN(CCC(=O)NC2CC2)C1. The summed E-state index contributed by atoms with van der Waals surface area (Å²) in [5, 5.41) is 3.04. The maximum absolute atomic E-state index is 11.6. The number of hydrogen-bond donors (Lipinski definition) is 2. The van der Waals surface area contributed by atoms with Gasteiger partial charge >= 0.3 is 0 Å². The zero-order valence-electron chi connectivity index (χ0n) is 10.7. The van der Waals surface area contributed by atoms with Crippen LogP contribution in [0.25, 0.3) is 0 Å². The molecule has 0 spiro atoms. The van der Waals surface area contributed by atoms with Crippen molar-refractivity contribution in [1.29, 1.82) is 0 Å². The van der Waals surface area contributed by atoms with Gasteiger partial charge in [0.1, 0.15) is 0 Å². The van der Waals surface area contributed by atoms with E-state index in [1.165, 1.54) is 25.7 Å². The fourth-order valence-corrected chi connectivity index (χ4v) is 2.61. The molecule has 2 fully saturated rings. The molecule has 17 heavy (non-hydrogen) atoms. The molecule has 1 amide bonds. The van der Waals surface area contributed by atoms with Crippen LogP contribution in [-0.4, -0.2) is 43.0 Å². The maximum atomic E-state index is 11.6. The first-order chi connectivity index (χ1) is 8.28. The average molecular weight is 239 g/mol. The smallest absolute Gasteiger partial charge is 0.221 e. The van der Waals surface area contributed by atoms with E-state index >= 15 is 0 Å². The van der Waals surface area contributed by atoms with Crippen molar-refractivity contribution in [3.05, 3.63) is 0 Å². The number of amides is 1. The van der Waals surface area contributed by atoms with Gasteiger partial charge in [-0.3, -0.25) is 4.79 Å². The van der Waals surface area contributed by atoms with Crippen molar-refractivity contribution in [2.24, 2.45) is 11.7 Å². The van der Waals surface area contributed by atoms with Crippen LogP contribution < -0.4 is 11.1 Å². The minimum absolute atomic E-state index is 0.230. The number of carbonyl (C=O) groups excluding carboxylic acids is 1. The summed E-state index contributed by atoms with van der Waals surface area (Å²) in [6.07, 6.45) is 6.70. The molecular formula is C13H25N3O. The molecular weight excluding hydrogens is 214 g/mol. The topological polar surface area (TPSA) is 58.4 Å². The van der Waals surface area contributed by atoms with Crippen molar-refractivity contribution in [2.75, 3.05) is 26.2 Å². The van der Waals surface area contributed by atoms with Gasteiger partial charge in [0.25, 0.3) is 0 Å². The lowest BCUT2D eigenvalue weighted by molar-refractivity contribution is -0.121. The number of rotatable bonds is 6. The Bertz CT molecular complexity index is 251. The number of hydrogen-bond acceptors (Lipinski definition) is 3. The molecule has 1 saturated carbocycles. The monoisotopic (exact) mass is 239 g/mol. The number of nitrogens with two attached hydrogens (primary N) is 1. The van der Waals surface area contributed by atoms with Crippen LogP contribution in [0.15, 0.2) is 0 Å². The van der Waals surface area contributed by atoms with Crippen LogP contribution in [0, 0.1) is 5.92 Å². The average Bonchev–Trinajstić information content (AvgIpc) is 3.11. The molecule has 2 rings (SSSR count). The van der Waals surface area contributed by atoms with Crippen LogP contribution in [0.3, 0.4) is 0 Å². The number of carbonyl (C=O) groups is 1. The fourth-order valence-electron chi connectivity index (χ4n) is 2.61. The van der Waals surface area contributed by atoms with E-state index in [1.807, 2.05) is 0 Å². The summed E-state index contributed by atoms with van der Waals surface area (Å²) >= 11 is 0. The molecule has 1 aliphatic carbocycles. The normalized spacial score (nSPS) is 25.8. The first kappa shape index (κ1) is 12.8. The zero-order chi connectivity index (χ0) is 12.1. The molecule has 1 aliphatic heterocycles. The van der Waals surface area contributed by atoms with Crippen molar-refractivity contribution in [2.45, 2.75) is 44.6 Å². The third-order valence-electron chi connectivity index (χ3n) is 3.78. The third kappa shape index (κ3) is 4.64. The molecule has 98 valence electrons. The summed E-state index contributed by atoms with van der Waals surface area (Å²) in [6.45, 7) is 3.99. The lowest BCUT2D eigenvalue weighted by Crippen LogP contribution is -2.38. The summed E-state index contributed by atoms with van der Waals surface area (Å²) in [7, 11) is 0. The highest BCUT2D eigenvalue weighted by Crippen LogP contribution is 2.20. The van der Waals surface area contributed by atoms with E-state index in [2.05, 4.69) is 10.2 Å². The van der Waals surface area contributed by atoms with E-state index in [0.29, 0.717) is 12.5 Å². The summed E-state index contributed by atoms with van der Waals surface area (Å²) in [5.41, 5.74) is 5.61. The standard InChI is InChI=1S/C13H25N3O/c14-7-5-11-2-1-8-16(10-11)9-6-13(17)15-12-3-4-12/h11-12H,1-10,14H2,(H,15,17). The number of nitrogens with zero attached hydrogens (tertiary/aromatic N) is 1. The quantitative estimate of drug-likeness (QED) is 0.718. The second-order valence-corrected chi connectivity index (χ2v) is 5.48. The second-order valence-electron chi connectivity index (χ2n) is 5.48. The van der Waals surface area contributed by atoms with Gasteiger partial charge in [0.2, 0.25) is 5.91 Å². The van der Waals surface area contributed by atoms with Crippen molar-refractivity contribution in [3.8, 4) is 0 Å². The predicted molar refractivity (Wildman–Crippen MR) is 68.6 cm³/mol. The van der Waals surface area contributed by atoms with E-state index in [4.69, 9.17) is 5.73 Å². The molecule has 1 unspecified atom stereocenters.